The molecule has 6 nitrogen and oxygen atoms in total. The van der Waals surface area contributed by atoms with E-state index in [-0.39, 0.29) is 83.9 Å². The summed E-state index contributed by atoms with van der Waals surface area (Å²) in [4.78, 5) is 0. The van der Waals surface area contributed by atoms with Gasteiger partial charge in [0.25, 0.3) is 0 Å². The van der Waals surface area contributed by atoms with Crippen molar-refractivity contribution in [3.05, 3.63) is 24.6 Å². The number of rotatable bonds is 1. The minimum atomic E-state index is -1.32. The van der Waals surface area contributed by atoms with Crippen molar-refractivity contribution in [2.75, 3.05) is 0 Å². The van der Waals surface area contributed by atoms with Gasteiger partial charge in [0.05, 0.1) is 0 Å². The zero-order chi connectivity index (χ0) is 8.99. The number of nitrogens with two attached hydrogens (primary N) is 5. The van der Waals surface area contributed by atoms with Crippen molar-refractivity contribution in [1.82, 2.24) is 0 Å². The number of nitrogens with zero attached hydrogens (tertiary/aromatic N) is 1. The second kappa shape index (κ2) is 56.8. The van der Waals surface area contributed by atoms with Crippen LogP contribution < -0.4 is 5.13 Å². The van der Waals surface area contributed by atoms with Crippen molar-refractivity contribution in [3.63, 3.8) is 0 Å². The summed E-state index contributed by atoms with van der Waals surface area (Å²) in [5.41, 5.74) is 0. The Labute approximate surface area is 161 Å². The van der Waals surface area contributed by atoms with Gasteiger partial charge in [0.15, 0.2) is 0 Å². The summed E-state index contributed by atoms with van der Waals surface area (Å²) in [5.74, 6) is 0. The molecule has 0 fully saturated rings. The molecule has 10 N–H and O–H groups in total. The van der Waals surface area contributed by atoms with E-state index in [0.29, 0.717) is 0 Å². The molecule has 0 aromatic carbocycles. The maximum absolute atomic E-state index is 11.2. The third kappa shape index (κ3) is 207. The van der Waals surface area contributed by atoms with Crippen LogP contribution in [0.4, 0.5) is 3.89 Å². The quantitative estimate of drug-likeness (QED) is 0.384. The molecule has 0 spiro atoms. The van der Waals surface area contributed by atoms with Crippen LogP contribution >= 0.6 is 21.5 Å². The Hall–Kier alpha value is 3.81. The number of thiol groups is 1. The largest absolute Gasteiger partial charge is 0.693 e. The van der Waals surface area contributed by atoms with Gasteiger partial charge < -0.3 is 24.6 Å². The molecule has 0 aromatic rings. The smallest absolute Gasteiger partial charge is 0 e. The van der Waals surface area contributed by atoms with Gasteiger partial charge in [0, 0.05) is 65.4 Å². The van der Waals surface area contributed by atoms with Gasteiger partial charge in [0.2, 0.25) is 0 Å². The van der Waals surface area contributed by atoms with Crippen molar-refractivity contribution in [1.29, 1.82) is 0 Å². The molecule has 1 atom stereocenters. The molecule has 0 amide bonds. The molecule has 0 saturated carbocycles. The molecule has 0 aliphatic rings. The first-order chi connectivity index (χ1) is 4.68. The van der Waals surface area contributed by atoms with Crippen LogP contribution in [-0.2, 0) is 103 Å². The fourth-order valence-corrected chi connectivity index (χ4v) is 0. The summed E-state index contributed by atoms with van der Waals surface area (Å²) in [7, 11) is -1.32. The third-order valence-electron chi connectivity index (χ3n) is 0. The summed E-state index contributed by atoms with van der Waals surface area (Å²) < 4.78 is 25.5. The van der Waals surface area contributed by atoms with Gasteiger partial charge in [0.1, 0.15) is 0 Å². The second-order valence-electron chi connectivity index (χ2n) is 0.305. The van der Waals surface area contributed by atoms with Crippen LogP contribution in [0.5, 0.6) is 0 Å². The van der Waals surface area contributed by atoms with E-state index in [1.54, 1.807) is 5.13 Å². The fourth-order valence-electron chi connectivity index (χ4n) is 0. The molecule has 0 heterocycles. The summed E-state index contributed by atoms with van der Waals surface area (Å²) in [5, 5.41) is 1.68. The van der Waals surface area contributed by atoms with Gasteiger partial charge in [-0.3, -0.25) is 0 Å². The van der Waals surface area contributed by atoms with E-state index >= 15 is 0 Å². The van der Waals surface area contributed by atoms with E-state index < -0.39 is 8.66 Å². The molecule has 0 rings (SSSR count). The Morgan fingerprint density at radius 3 is 1.46 bits per heavy atom. The maximum atomic E-state index is 11.2. The minimum absolute atomic E-state index is 0. The Kier molecular flexibility index (Phi) is 157. The van der Waals surface area contributed by atoms with Crippen LogP contribution in [0, 0.1) is 0 Å². The van der Waals surface area contributed by atoms with Crippen LogP contribution in [0.15, 0.2) is 2.90 Å². The summed E-state index contributed by atoms with van der Waals surface area (Å²) in [6.45, 7) is 0. The van der Waals surface area contributed by atoms with Crippen LogP contribution in [0.1, 0.15) is 0 Å². The molecule has 0 saturated heterocycles. The van der Waals surface area contributed by atoms with Gasteiger partial charge in [-0.1, -0.05) is 0 Å². The van der Waals surface area contributed by atoms with E-state index in [4.69, 9.17) is 8.97 Å². The van der Waals surface area contributed by atoms with Crippen LogP contribution in [0.3, 0.4) is 0 Å². The van der Waals surface area contributed by atoms with Crippen molar-refractivity contribution < 1.29 is 110 Å². The normalized spacial score (nSPS) is 7.31. The molecule has 0 aliphatic heterocycles. The molecule has 1 unspecified atom stereocenters. The molecule has 0 aromatic heterocycles. The predicted octanol–water partition coefficient (Wildman–Crippen LogP) is 3.90. The number of hydrogen-bond acceptors (Lipinski definition) is 3. The average Bonchev–Trinajstić information content (AvgIpc) is 1.94. The monoisotopic (exact) mass is 728 g/mol. The van der Waals surface area contributed by atoms with Crippen molar-refractivity contribution in [2.45, 2.75) is 0 Å². The van der Waals surface area contributed by atoms with Crippen LogP contribution in [0.2, 0.25) is 2.82 Å². The van der Waals surface area contributed by atoms with Gasteiger partial charge in [-0.2, -0.15) is 1.41 Å². The molecule has 82 valence electrons. The van der Waals surface area contributed by atoms with Crippen LogP contribution in [0.25, 0.3) is 24.6 Å². The van der Waals surface area contributed by atoms with Gasteiger partial charge >= 0.3 is 72.4 Å². The van der Waals surface area contributed by atoms with Crippen LogP contribution in [-0.4, -0.2) is 0 Å². The van der Waals surface area contributed by atoms with Gasteiger partial charge in [-0.05, 0) is 0 Å². The van der Waals surface area contributed by atoms with E-state index in [1.165, 1.54) is 0 Å². The van der Waals surface area contributed by atoms with Gasteiger partial charge in [-0.25, -0.2) is 0 Å². The third-order valence-corrected chi connectivity index (χ3v) is 0. The summed E-state index contributed by atoms with van der Waals surface area (Å²) in [6.07, 6.45) is 5.00. The molecular formula is H11FN6S2W2Y2-4. The average molecular weight is 728 g/mol. The Morgan fingerprint density at radius 2 is 1.46 bits per heavy atom. The zero-order valence-corrected chi connectivity index (χ0v) is 19.6. The predicted molar refractivity (Wildman–Crippen MR) is 45.4 cm³/mol. The number of hydrogen-bond donors (Lipinski definition) is 2. The van der Waals surface area contributed by atoms with E-state index in [2.05, 4.69) is 15.7 Å². The standard InChI is InChI=1S/FH2NS.HNS.4H2N.2W.2Y/c1-3-2;1-2;;;;;;;;/h2H2;2H;4*1H2;;;;/q;;4*-1;;;;/i/hT2. The van der Waals surface area contributed by atoms with Crippen molar-refractivity contribution >= 4 is 21.5 Å². The molecular weight excluding hydrogens is 713 g/mol. The van der Waals surface area contributed by atoms with Crippen molar-refractivity contribution in [2.24, 2.45) is 8.03 Å². The minimum Gasteiger partial charge on any atom is -0.693 e. The molecule has 13 heteroatoms. The summed E-state index contributed by atoms with van der Waals surface area (Å²) >= 11 is 5.38. The van der Waals surface area contributed by atoms with Gasteiger partial charge in [-0.15, -0.1) is 0 Å². The molecule has 2 radical (unpaired) electrons. The summed E-state index contributed by atoms with van der Waals surface area (Å²) in [6, 6.07) is 0. The second-order valence-corrected chi connectivity index (χ2v) is 5.83. The maximum Gasteiger partial charge on any atom is 0 e. The van der Waals surface area contributed by atoms with E-state index in [1.807, 2.05) is 0 Å². The SMILES string of the molecule is S[N]=[W].[3H]N[S](F)=[W].[3H][NH-].[NH2-].[NH2-].[NH2-].[Y].[Y]. The van der Waals surface area contributed by atoms with Crippen molar-refractivity contribution in [3.8, 4) is 0 Å². The van der Waals surface area contributed by atoms with E-state index in [0.717, 1.165) is 37.6 Å². The zero-order valence-electron chi connectivity index (χ0n) is 8.38. The first kappa shape index (κ1) is 36.0. The van der Waals surface area contributed by atoms with E-state index in [9.17, 15) is 3.89 Å². The first-order valence-corrected chi connectivity index (χ1v) is 7.26. The molecule has 0 bridgehead atoms. The fraction of sp³-hybridized carbons (Fsp3) is 0. The number of halogens is 1. The Bertz CT molecular complexity index is 95.5. The Morgan fingerprint density at radius 1 is 1.38 bits per heavy atom. The Balaban J connectivity index is -0.00000000751. The first-order valence-electron chi connectivity index (χ1n) is 1.91. The topological polar surface area (TPSA) is 172 Å². The molecule has 0 aliphatic carbocycles. The molecule has 13 heavy (non-hydrogen) atoms.